The van der Waals surface area contributed by atoms with E-state index in [2.05, 4.69) is 104 Å². The zero-order valence-corrected chi connectivity index (χ0v) is 29.5. The molecule has 0 spiro atoms. The van der Waals surface area contributed by atoms with E-state index in [-0.39, 0.29) is 27.4 Å². The fourth-order valence-electron chi connectivity index (χ4n) is 4.92. The molecule has 0 aliphatic heterocycles. The van der Waals surface area contributed by atoms with E-state index < -0.39 is 7.26 Å². The van der Waals surface area contributed by atoms with Gasteiger partial charge in [0.15, 0.2) is 0 Å². The predicted octanol–water partition coefficient (Wildman–Crippen LogP) is 6.01. The molecule has 6 nitrogen and oxygen atoms in total. The molecule has 1 radical (unpaired) electrons. The van der Waals surface area contributed by atoms with E-state index in [9.17, 15) is 0 Å². The zero-order valence-electron chi connectivity index (χ0n) is 25.3. The Morgan fingerprint density at radius 2 is 0.936 bits per heavy atom. The van der Waals surface area contributed by atoms with Crippen LogP contribution in [0.4, 0.5) is 0 Å². The number of halogens is 1. The number of nitrogens with one attached hydrogen (secondary N) is 2. The second-order valence-corrected chi connectivity index (χ2v) is 14.7. The van der Waals surface area contributed by atoms with Crippen LogP contribution in [0, 0.1) is 0 Å². The van der Waals surface area contributed by atoms with Crippen LogP contribution in [0.5, 0.6) is 0 Å². The van der Waals surface area contributed by atoms with Crippen LogP contribution in [0.1, 0.15) is 11.1 Å². The maximum atomic E-state index is 6.20. The fraction of sp³-hybridized carbons (Fsp3) is 0.0556. The van der Waals surface area contributed by atoms with Crippen LogP contribution < -0.4 is 26.5 Å². The molecular formula is C36H31ClCuN6PS2+. The summed E-state index contributed by atoms with van der Waals surface area (Å²) in [6.45, 7) is 0. The summed E-state index contributed by atoms with van der Waals surface area (Å²) < 4.78 is 0. The number of amidine groups is 2. The normalized spacial score (nSPS) is 12.6. The summed E-state index contributed by atoms with van der Waals surface area (Å²) >= 11 is 17.3. The zero-order chi connectivity index (χ0) is 32.2. The van der Waals surface area contributed by atoms with E-state index in [4.69, 9.17) is 36.9 Å². The van der Waals surface area contributed by atoms with Crippen LogP contribution in [0.2, 0.25) is 5.02 Å². The molecule has 0 heterocycles. The molecule has 2 N–H and O–H groups in total. The topological polar surface area (TPSA) is 73.5 Å². The number of benzene rings is 5. The van der Waals surface area contributed by atoms with E-state index in [0.29, 0.717) is 22.7 Å². The minimum absolute atomic E-state index is 0. The molecule has 5 aromatic carbocycles. The molecule has 0 fully saturated rings. The van der Waals surface area contributed by atoms with Gasteiger partial charge in [-0.25, -0.2) is 0 Å². The molecule has 0 aromatic heterocycles. The van der Waals surface area contributed by atoms with E-state index in [1.54, 1.807) is 19.2 Å². The van der Waals surface area contributed by atoms with Gasteiger partial charge in [-0.1, -0.05) is 109 Å². The molecule has 0 aliphatic rings. The minimum Gasteiger partial charge on any atom is -0.741 e. The molecule has 0 amide bonds. The van der Waals surface area contributed by atoms with Gasteiger partial charge >= 0.3 is 17.1 Å². The van der Waals surface area contributed by atoms with Crippen molar-refractivity contribution in [2.45, 2.75) is 0 Å². The van der Waals surface area contributed by atoms with Gasteiger partial charge in [-0.3, -0.25) is 0 Å². The van der Waals surface area contributed by atoms with Gasteiger partial charge < -0.3 is 35.9 Å². The Kier molecular flexibility index (Phi) is 13.6. The Balaban J connectivity index is 0.00000500. The van der Waals surface area contributed by atoms with Gasteiger partial charge in [-0.05, 0) is 53.7 Å². The molecular weight excluding hydrogens is 711 g/mol. The van der Waals surface area contributed by atoms with E-state index in [1.165, 1.54) is 15.9 Å². The Morgan fingerprint density at radius 1 is 0.553 bits per heavy atom. The summed E-state index contributed by atoms with van der Waals surface area (Å²) in [6.07, 6.45) is 0.549. The first kappa shape index (κ1) is 35.9. The average molecular weight is 742 g/mol. The summed E-state index contributed by atoms with van der Waals surface area (Å²) in [4.78, 5) is 0. The van der Waals surface area contributed by atoms with Crippen LogP contribution in [-0.2, 0) is 42.3 Å². The van der Waals surface area contributed by atoms with Crippen molar-refractivity contribution in [3.63, 3.8) is 0 Å². The SMILES string of the molecule is CN/C([S-])=N/N=C(/C(=N/N=C(\[S-])NC[P+](c1ccccc1)(c1ccccc1)c1ccccc1)c1ccccc1)c1ccc(Cl)cc1.[Cu+2]. The van der Waals surface area contributed by atoms with Crippen LogP contribution in [-0.4, -0.2) is 35.1 Å². The van der Waals surface area contributed by atoms with Crippen molar-refractivity contribution in [3.8, 4) is 0 Å². The Hall–Kier alpha value is -3.94. The maximum Gasteiger partial charge on any atom is 2.00 e. The smallest absolute Gasteiger partial charge is 0.741 e. The number of rotatable bonds is 10. The summed E-state index contributed by atoms with van der Waals surface area (Å²) in [5.41, 5.74) is 2.47. The summed E-state index contributed by atoms with van der Waals surface area (Å²) in [5.74, 6) is 0. The van der Waals surface area contributed by atoms with Crippen LogP contribution in [0.3, 0.4) is 0 Å². The van der Waals surface area contributed by atoms with E-state index in [0.717, 1.165) is 11.1 Å². The second kappa shape index (κ2) is 17.8. The van der Waals surface area contributed by atoms with Gasteiger partial charge in [-0.2, -0.15) is 10.2 Å². The van der Waals surface area contributed by atoms with Crippen LogP contribution in [0.15, 0.2) is 166 Å². The van der Waals surface area contributed by atoms with Crippen molar-refractivity contribution in [1.82, 2.24) is 10.6 Å². The van der Waals surface area contributed by atoms with Gasteiger partial charge in [0.05, 0.1) is 0 Å². The number of hydrogen-bond acceptors (Lipinski definition) is 6. The maximum absolute atomic E-state index is 6.20. The third-order valence-electron chi connectivity index (χ3n) is 7.14. The molecule has 0 bridgehead atoms. The summed E-state index contributed by atoms with van der Waals surface area (Å²) in [6, 6.07) is 48.7. The monoisotopic (exact) mass is 740 g/mol. The standard InChI is InChI=1S/C36H32ClN6PS2.Cu/c1-38-35(45)42-40-34(28-22-24-29(37)25-23-28)33(27-14-6-2-7-15-27)41-43-36(46)39-26-44(30-16-8-3-9-17-30,31-18-10-4-11-19-31)32-20-12-5-13-21-32;/h2-25H,26H2,1H3,(H3-,38,39,40,41,42,43,45,46);/q;+2/p-1. The first-order chi connectivity index (χ1) is 22.5. The van der Waals surface area contributed by atoms with Gasteiger partial charge in [0.25, 0.3) is 0 Å². The molecule has 0 atom stereocenters. The largest absolute Gasteiger partial charge is 2.00 e. The molecule has 47 heavy (non-hydrogen) atoms. The third kappa shape index (κ3) is 9.11. The molecule has 239 valence electrons. The molecule has 11 heteroatoms. The third-order valence-corrected chi connectivity index (χ3v) is 12.1. The number of hydrogen-bond donors (Lipinski definition) is 2. The quantitative estimate of drug-likeness (QED) is 0.0460. The van der Waals surface area contributed by atoms with E-state index >= 15 is 0 Å². The summed E-state index contributed by atoms with van der Waals surface area (Å²) in [7, 11) is -0.497. The van der Waals surface area contributed by atoms with Gasteiger partial charge in [0, 0.05) is 28.4 Å². The van der Waals surface area contributed by atoms with Crippen molar-refractivity contribution < 1.29 is 17.1 Å². The molecule has 0 saturated carbocycles. The first-order valence-corrected chi connectivity index (χ1v) is 17.6. The van der Waals surface area contributed by atoms with Crippen molar-refractivity contribution in [1.29, 1.82) is 0 Å². The fourth-order valence-corrected chi connectivity index (χ4v) is 9.18. The van der Waals surface area contributed by atoms with Crippen molar-refractivity contribution in [2.24, 2.45) is 20.4 Å². The van der Waals surface area contributed by atoms with Crippen molar-refractivity contribution in [3.05, 3.63) is 162 Å². The van der Waals surface area contributed by atoms with Crippen molar-refractivity contribution >= 4 is 81.8 Å². The van der Waals surface area contributed by atoms with Gasteiger partial charge in [0.2, 0.25) is 0 Å². The molecule has 0 aliphatic carbocycles. The Bertz CT molecular complexity index is 1740. The molecule has 0 saturated heterocycles. The van der Waals surface area contributed by atoms with E-state index in [1.807, 2.05) is 60.7 Å². The molecule has 0 unspecified atom stereocenters. The second-order valence-electron chi connectivity index (χ2n) is 9.98. The predicted molar refractivity (Wildman–Crippen MR) is 203 cm³/mol. The molecule has 5 rings (SSSR count). The van der Waals surface area contributed by atoms with Gasteiger partial charge in [-0.15, -0.1) is 10.2 Å². The van der Waals surface area contributed by atoms with Gasteiger partial charge in [0.1, 0.15) is 40.9 Å². The Morgan fingerprint density at radius 3 is 1.36 bits per heavy atom. The number of nitrogens with zero attached hydrogens (tertiary/aromatic N) is 4. The Labute approximate surface area is 303 Å². The molecule has 5 aromatic rings. The van der Waals surface area contributed by atoms with Crippen LogP contribution >= 0.6 is 18.9 Å². The summed E-state index contributed by atoms with van der Waals surface area (Å²) in [5, 5.41) is 29.0. The van der Waals surface area contributed by atoms with Crippen molar-refractivity contribution in [2.75, 3.05) is 13.3 Å². The van der Waals surface area contributed by atoms with Crippen LogP contribution in [0.25, 0.3) is 0 Å². The average Bonchev–Trinajstić information content (AvgIpc) is 3.12. The minimum atomic E-state index is -2.19. The first-order valence-electron chi connectivity index (χ1n) is 14.4.